The number of halogens is 1. The molecule has 1 aromatic rings. The van der Waals surface area contributed by atoms with Crippen molar-refractivity contribution in [1.82, 2.24) is 0 Å². The zero-order valence-electron chi connectivity index (χ0n) is 12.2. The number of nitrogens with two attached hydrogens (primary N) is 1. The third kappa shape index (κ3) is 2.02. The predicted molar refractivity (Wildman–Crippen MR) is 80.8 cm³/mol. The van der Waals surface area contributed by atoms with Crippen molar-refractivity contribution in [3.63, 3.8) is 0 Å². The second-order valence-corrected chi connectivity index (χ2v) is 8.68. The van der Waals surface area contributed by atoms with E-state index in [1.165, 1.54) is 13.1 Å². The maximum absolute atomic E-state index is 14.1. The Morgan fingerprint density at radius 3 is 2.50 bits per heavy atom. The van der Waals surface area contributed by atoms with E-state index in [0.717, 1.165) is 0 Å². The van der Waals surface area contributed by atoms with Crippen molar-refractivity contribution in [3.05, 3.63) is 35.6 Å². The maximum Gasteiger partial charge on any atom is 0.128 e. The van der Waals surface area contributed by atoms with Gasteiger partial charge in [-0.05, 0) is 26.8 Å². The summed E-state index contributed by atoms with van der Waals surface area (Å²) in [7, 11) is -1.11. The molecule has 6 heteroatoms. The summed E-state index contributed by atoms with van der Waals surface area (Å²) in [4.78, 5) is 4.46. The highest BCUT2D eigenvalue weighted by Gasteiger charge is 2.47. The van der Waals surface area contributed by atoms with E-state index in [0.29, 0.717) is 5.56 Å². The van der Waals surface area contributed by atoms with Gasteiger partial charge in [0.25, 0.3) is 0 Å². The van der Waals surface area contributed by atoms with Crippen LogP contribution in [-0.2, 0) is 15.3 Å². The number of benzene rings is 1. The average Bonchev–Trinajstić information content (AvgIpc) is 2.37. The van der Waals surface area contributed by atoms with Gasteiger partial charge in [-0.1, -0.05) is 18.2 Å². The number of amidine groups is 1. The zero-order chi connectivity index (χ0) is 15.2. The summed E-state index contributed by atoms with van der Waals surface area (Å²) in [6, 6.07) is 6.38. The molecule has 0 unspecified atom stereocenters. The van der Waals surface area contributed by atoms with Gasteiger partial charge >= 0.3 is 0 Å². The summed E-state index contributed by atoms with van der Waals surface area (Å²) in [6.07, 6.45) is 0. The van der Waals surface area contributed by atoms with Crippen molar-refractivity contribution in [2.45, 2.75) is 31.1 Å². The lowest BCUT2D eigenvalue weighted by atomic mass is 9.93. The minimum Gasteiger partial charge on any atom is -0.386 e. The first-order valence-electron chi connectivity index (χ1n) is 6.40. The van der Waals surface area contributed by atoms with Gasteiger partial charge in [0.15, 0.2) is 0 Å². The Kier molecular flexibility index (Phi) is 3.40. The Hall–Kier alpha value is -1.43. The molecule has 0 aliphatic carbocycles. The van der Waals surface area contributed by atoms with Gasteiger partial charge in [0, 0.05) is 12.6 Å². The fourth-order valence-corrected chi connectivity index (χ4v) is 4.79. The molecule has 2 N–H and O–H groups in total. The lowest BCUT2D eigenvalue weighted by Gasteiger charge is -2.40. The second kappa shape index (κ2) is 4.55. The van der Waals surface area contributed by atoms with E-state index >= 15 is 0 Å². The van der Waals surface area contributed by atoms with Crippen LogP contribution in [-0.4, -0.2) is 27.6 Å². The van der Waals surface area contributed by atoms with Gasteiger partial charge in [0.2, 0.25) is 0 Å². The minimum absolute atomic E-state index is 0.158. The van der Waals surface area contributed by atoms with Gasteiger partial charge in [-0.25, -0.2) is 13.0 Å². The lowest BCUT2D eigenvalue weighted by Crippen LogP contribution is -2.54. The molecule has 0 aromatic heterocycles. The van der Waals surface area contributed by atoms with Crippen LogP contribution in [0.15, 0.2) is 33.6 Å². The predicted octanol–water partition coefficient (Wildman–Crippen LogP) is 2.29. The van der Waals surface area contributed by atoms with Gasteiger partial charge in [-0.3, -0.25) is 4.99 Å². The minimum atomic E-state index is -2.63. The van der Waals surface area contributed by atoms with Gasteiger partial charge in [0.1, 0.15) is 21.9 Å². The van der Waals surface area contributed by atoms with Gasteiger partial charge in [0.05, 0.1) is 15.5 Å². The lowest BCUT2D eigenvalue weighted by molar-refractivity contribution is 0.491. The largest absolute Gasteiger partial charge is 0.386 e. The molecule has 1 heterocycles. The third-order valence-electron chi connectivity index (χ3n) is 4.01. The Morgan fingerprint density at radius 2 is 1.95 bits per heavy atom. The molecular weight excluding hydrogens is 277 g/mol. The molecule has 0 saturated heterocycles. The molecule has 110 valence electrons. The first-order chi connectivity index (χ1) is 9.16. The van der Waals surface area contributed by atoms with E-state index in [-0.39, 0.29) is 17.4 Å². The molecule has 0 fully saturated rings. The van der Waals surface area contributed by atoms with Crippen LogP contribution in [0, 0.1) is 5.82 Å². The molecule has 1 aliphatic heterocycles. The van der Waals surface area contributed by atoms with Gasteiger partial charge in [-0.15, -0.1) is 0 Å². The highest BCUT2D eigenvalue weighted by molar-refractivity contribution is 7.95. The Morgan fingerprint density at radius 1 is 1.35 bits per heavy atom. The molecule has 0 spiro atoms. The Labute approximate surface area is 119 Å². The second-order valence-electron chi connectivity index (χ2n) is 5.73. The molecule has 2 rings (SSSR count). The molecule has 20 heavy (non-hydrogen) atoms. The fourth-order valence-electron chi connectivity index (χ4n) is 2.49. The highest BCUT2D eigenvalue weighted by atomic mass is 32.2. The summed E-state index contributed by atoms with van der Waals surface area (Å²) in [5.41, 5.74) is 5.46. The molecule has 0 radical (unpaired) electrons. The van der Waals surface area contributed by atoms with E-state index < -0.39 is 20.0 Å². The molecule has 0 saturated carbocycles. The standard InChI is InChI=1S/C14H20FN3OS/c1-13(2)12(16)18-14(3,9-20(13,19)17-4)10-7-5-6-8-11(10)15/h5-8H,9H2,1-4H3,(H2,16,18)/t14-,20-/m0/s1. The van der Waals surface area contributed by atoms with E-state index in [2.05, 4.69) is 9.36 Å². The number of rotatable bonds is 1. The van der Waals surface area contributed by atoms with Crippen LogP contribution in [0.1, 0.15) is 26.3 Å². The Balaban J connectivity index is 2.70. The van der Waals surface area contributed by atoms with Crippen LogP contribution in [0.4, 0.5) is 4.39 Å². The summed E-state index contributed by atoms with van der Waals surface area (Å²) >= 11 is 0. The third-order valence-corrected chi connectivity index (χ3v) is 7.35. The zero-order valence-corrected chi connectivity index (χ0v) is 13.0. The van der Waals surface area contributed by atoms with Crippen molar-refractivity contribution in [2.75, 3.05) is 12.8 Å². The molecule has 1 aliphatic rings. The first kappa shape index (κ1) is 15.0. The van der Waals surface area contributed by atoms with E-state index in [1.54, 1.807) is 39.0 Å². The van der Waals surface area contributed by atoms with Crippen LogP contribution in [0.25, 0.3) is 0 Å². The van der Waals surface area contributed by atoms with Crippen LogP contribution < -0.4 is 5.73 Å². The SMILES string of the molecule is CN=[S@]1(=O)C[C@@](C)(c2ccccc2F)N=C(N)C1(C)C. The summed E-state index contributed by atoms with van der Waals surface area (Å²) in [6.45, 7) is 5.28. The van der Waals surface area contributed by atoms with E-state index in [9.17, 15) is 8.60 Å². The fraction of sp³-hybridized carbons (Fsp3) is 0.500. The van der Waals surface area contributed by atoms with Crippen LogP contribution in [0.3, 0.4) is 0 Å². The number of nitrogens with zero attached hydrogens (tertiary/aromatic N) is 2. The quantitative estimate of drug-likeness (QED) is 0.864. The maximum atomic E-state index is 14.1. The van der Waals surface area contributed by atoms with Crippen molar-refractivity contribution in [3.8, 4) is 0 Å². The highest BCUT2D eigenvalue weighted by Crippen LogP contribution is 2.38. The van der Waals surface area contributed by atoms with Gasteiger partial charge in [-0.2, -0.15) is 0 Å². The number of aliphatic imine (C=N–C) groups is 1. The summed E-state index contributed by atoms with van der Waals surface area (Å²) in [5.74, 6) is 0.0414. The molecule has 1 aromatic carbocycles. The number of hydrogen-bond acceptors (Lipinski definition) is 4. The van der Waals surface area contributed by atoms with Gasteiger partial charge < -0.3 is 5.73 Å². The Bertz CT molecular complexity index is 689. The van der Waals surface area contributed by atoms with Crippen LogP contribution in [0.5, 0.6) is 0 Å². The average molecular weight is 297 g/mol. The monoisotopic (exact) mass is 297 g/mol. The van der Waals surface area contributed by atoms with Crippen molar-refractivity contribution in [1.29, 1.82) is 0 Å². The summed E-state index contributed by atoms with van der Waals surface area (Å²) in [5, 5.41) is 0. The molecule has 4 nitrogen and oxygen atoms in total. The molecule has 2 atom stereocenters. The molecular formula is C14H20FN3OS. The molecule has 0 amide bonds. The summed E-state index contributed by atoms with van der Waals surface area (Å²) < 4.78 is 30.4. The van der Waals surface area contributed by atoms with Crippen molar-refractivity contribution < 1.29 is 8.60 Å². The normalized spacial score (nSPS) is 32.5. The smallest absolute Gasteiger partial charge is 0.128 e. The topological polar surface area (TPSA) is 67.8 Å². The first-order valence-corrected chi connectivity index (χ1v) is 8.08. The number of hydrogen-bond donors (Lipinski definition) is 1. The van der Waals surface area contributed by atoms with E-state index in [1.807, 2.05) is 0 Å². The van der Waals surface area contributed by atoms with Crippen molar-refractivity contribution in [2.24, 2.45) is 15.1 Å². The molecule has 0 bridgehead atoms. The van der Waals surface area contributed by atoms with Crippen LogP contribution in [0.2, 0.25) is 0 Å². The van der Waals surface area contributed by atoms with E-state index in [4.69, 9.17) is 5.73 Å². The van der Waals surface area contributed by atoms with Crippen molar-refractivity contribution >= 4 is 15.6 Å². The van der Waals surface area contributed by atoms with Crippen LogP contribution >= 0.6 is 0 Å².